The molecule has 6 heteroatoms. The summed E-state index contributed by atoms with van der Waals surface area (Å²) < 4.78 is 17.9. The third-order valence-corrected chi connectivity index (χ3v) is 4.25. The zero-order valence-electron chi connectivity index (χ0n) is 13.4. The third kappa shape index (κ3) is 3.72. The molecule has 1 fully saturated rings. The van der Waals surface area contributed by atoms with Crippen LogP contribution in [0.25, 0.3) is 11.1 Å². The molecule has 0 bridgehead atoms. The summed E-state index contributed by atoms with van der Waals surface area (Å²) >= 11 is 0. The van der Waals surface area contributed by atoms with Gasteiger partial charge in [0.2, 0.25) is 0 Å². The van der Waals surface area contributed by atoms with Gasteiger partial charge in [-0.05, 0) is 23.3 Å². The molecule has 0 amide bonds. The summed E-state index contributed by atoms with van der Waals surface area (Å²) in [5.74, 6) is 0.947. The van der Waals surface area contributed by atoms with Crippen molar-refractivity contribution < 1.29 is 14.2 Å². The van der Waals surface area contributed by atoms with Crippen molar-refractivity contribution >= 4 is 5.82 Å². The minimum atomic E-state index is -0.995. The molecule has 0 saturated carbocycles. The summed E-state index contributed by atoms with van der Waals surface area (Å²) in [4.78, 5) is 6.73. The minimum absolute atomic E-state index is 0.613. The standard InChI is InChI=1S/C18H22FN3O2/c19-11-16(20)18(23)14-3-1-13(2-4-14)15-5-6-17(21-12-15)22-7-9-24-10-8-22/h1-6,12,16,18,23H,7-11,20H2/t16-,18-/m1/s1. The second-order valence-electron chi connectivity index (χ2n) is 5.89. The van der Waals surface area contributed by atoms with Crippen LogP contribution < -0.4 is 10.6 Å². The number of nitrogens with zero attached hydrogens (tertiary/aromatic N) is 2. The van der Waals surface area contributed by atoms with E-state index in [1.165, 1.54) is 0 Å². The zero-order chi connectivity index (χ0) is 16.9. The molecule has 1 aromatic carbocycles. The van der Waals surface area contributed by atoms with Gasteiger partial charge in [0, 0.05) is 24.8 Å². The minimum Gasteiger partial charge on any atom is -0.387 e. The molecule has 0 spiro atoms. The number of pyridine rings is 1. The maximum Gasteiger partial charge on any atom is 0.128 e. The molecule has 1 aromatic heterocycles. The van der Waals surface area contributed by atoms with Gasteiger partial charge in [-0.2, -0.15) is 0 Å². The van der Waals surface area contributed by atoms with Crippen LogP contribution in [-0.4, -0.2) is 49.1 Å². The first-order valence-electron chi connectivity index (χ1n) is 8.07. The Labute approximate surface area is 140 Å². The predicted octanol–water partition coefficient (Wildman–Crippen LogP) is 1.92. The Kier molecular flexibility index (Phi) is 5.40. The molecule has 1 saturated heterocycles. The molecule has 3 rings (SSSR count). The van der Waals surface area contributed by atoms with E-state index >= 15 is 0 Å². The Hall–Kier alpha value is -2.02. The monoisotopic (exact) mass is 331 g/mol. The molecular formula is C18H22FN3O2. The van der Waals surface area contributed by atoms with Crippen molar-refractivity contribution in [3.05, 3.63) is 48.2 Å². The first kappa shape index (κ1) is 16.8. The zero-order valence-corrected chi connectivity index (χ0v) is 13.4. The highest BCUT2D eigenvalue weighted by Crippen LogP contribution is 2.24. The molecule has 0 unspecified atom stereocenters. The van der Waals surface area contributed by atoms with Crippen LogP contribution in [0.4, 0.5) is 10.2 Å². The van der Waals surface area contributed by atoms with E-state index in [2.05, 4.69) is 9.88 Å². The lowest BCUT2D eigenvalue weighted by Gasteiger charge is -2.27. The van der Waals surface area contributed by atoms with Gasteiger partial charge in [-0.3, -0.25) is 0 Å². The Morgan fingerprint density at radius 2 is 1.79 bits per heavy atom. The number of nitrogens with two attached hydrogens (primary N) is 1. The largest absolute Gasteiger partial charge is 0.387 e. The maximum absolute atomic E-state index is 12.6. The molecule has 1 aliphatic rings. The van der Waals surface area contributed by atoms with Gasteiger partial charge in [0.15, 0.2) is 0 Å². The van der Waals surface area contributed by atoms with Crippen LogP contribution in [0.1, 0.15) is 11.7 Å². The fourth-order valence-electron chi connectivity index (χ4n) is 2.74. The summed E-state index contributed by atoms with van der Waals surface area (Å²) in [5.41, 5.74) is 8.12. The second-order valence-corrected chi connectivity index (χ2v) is 5.89. The average molecular weight is 331 g/mol. The van der Waals surface area contributed by atoms with E-state index in [9.17, 15) is 9.50 Å². The van der Waals surface area contributed by atoms with Crippen LogP contribution in [0.5, 0.6) is 0 Å². The van der Waals surface area contributed by atoms with Gasteiger partial charge in [-0.15, -0.1) is 0 Å². The highest BCUT2D eigenvalue weighted by atomic mass is 19.1. The quantitative estimate of drug-likeness (QED) is 0.876. The van der Waals surface area contributed by atoms with E-state index in [0.29, 0.717) is 5.56 Å². The molecule has 0 radical (unpaired) electrons. The molecule has 2 atom stereocenters. The number of halogens is 1. The topological polar surface area (TPSA) is 71.6 Å². The van der Waals surface area contributed by atoms with Gasteiger partial charge in [-0.1, -0.05) is 24.3 Å². The summed E-state index contributed by atoms with van der Waals surface area (Å²) in [6.45, 7) is 2.42. The number of alkyl halides is 1. The first-order chi connectivity index (χ1) is 11.7. The Morgan fingerprint density at radius 3 is 2.38 bits per heavy atom. The molecule has 1 aliphatic heterocycles. The van der Waals surface area contributed by atoms with Crippen molar-refractivity contribution in [2.75, 3.05) is 37.9 Å². The fourth-order valence-corrected chi connectivity index (χ4v) is 2.74. The van der Waals surface area contributed by atoms with Crippen molar-refractivity contribution in [1.29, 1.82) is 0 Å². The molecular weight excluding hydrogens is 309 g/mol. The van der Waals surface area contributed by atoms with Crippen LogP contribution in [0.3, 0.4) is 0 Å². The maximum atomic E-state index is 12.6. The summed E-state index contributed by atoms with van der Waals surface area (Å²) in [5, 5.41) is 9.94. The predicted molar refractivity (Wildman–Crippen MR) is 91.6 cm³/mol. The summed E-state index contributed by atoms with van der Waals surface area (Å²) in [6, 6.07) is 10.4. The normalized spacial score (nSPS) is 17.5. The smallest absolute Gasteiger partial charge is 0.128 e. The van der Waals surface area contributed by atoms with E-state index < -0.39 is 18.8 Å². The number of ether oxygens (including phenoxy) is 1. The number of aliphatic hydroxyl groups excluding tert-OH is 1. The first-order valence-corrected chi connectivity index (χ1v) is 8.07. The molecule has 24 heavy (non-hydrogen) atoms. The Bertz CT molecular complexity index is 599. The van der Waals surface area contributed by atoms with Gasteiger partial charge < -0.3 is 20.5 Å². The van der Waals surface area contributed by atoms with Crippen LogP contribution in [0.2, 0.25) is 0 Å². The number of rotatable bonds is 5. The van der Waals surface area contributed by atoms with Gasteiger partial charge in [0.1, 0.15) is 12.5 Å². The van der Waals surface area contributed by atoms with Crippen LogP contribution in [-0.2, 0) is 4.74 Å². The van der Waals surface area contributed by atoms with Crippen molar-refractivity contribution in [3.63, 3.8) is 0 Å². The van der Waals surface area contributed by atoms with Crippen molar-refractivity contribution in [2.24, 2.45) is 5.73 Å². The number of hydrogen-bond donors (Lipinski definition) is 2. The molecule has 2 aromatic rings. The number of anilines is 1. The molecule has 0 aliphatic carbocycles. The lowest BCUT2D eigenvalue weighted by Crippen LogP contribution is -2.36. The highest BCUT2D eigenvalue weighted by molar-refractivity contribution is 5.64. The molecule has 2 heterocycles. The van der Waals surface area contributed by atoms with E-state index in [4.69, 9.17) is 10.5 Å². The summed E-state index contributed by atoms with van der Waals surface area (Å²) in [7, 11) is 0. The van der Waals surface area contributed by atoms with Gasteiger partial charge >= 0.3 is 0 Å². The van der Waals surface area contributed by atoms with Crippen LogP contribution >= 0.6 is 0 Å². The Balaban J connectivity index is 1.72. The SMILES string of the molecule is N[C@H](CF)[C@H](O)c1ccc(-c2ccc(N3CCOCC3)nc2)cc1. The number of morpholine rings is 1. The van der Waals surface area contributed by atoms with Crippen molar-refractivity contribution in [3.8, 4) is 11.1 Å². The van der Waals surface area contributed by atoms with Crippen LogP contribution in [0.15, 0.2) is 42.6 Å². The highest BCUT2D eigenvalue weighted by Gasteiger charge is 2.16. The van der Waals surface area contributed by atoms with E-state index in [1.807, 2.05) is 30.5 Å². The molecule has 128 valence electrons. The summed E-state index contributed by atoms with van der Waals surface area (Å²) in [6.07, 6.45) is 0.842. The number of hydrogen-bond acceptors (Lipinski definition) is 5. The van der Waals surface area contributed by atoms with E-state index in [0.717, 1.165) is 43.2 Å². The third-order valence-electron chi connectivity index (χ3n) is 4.25. The molecule has 5 nitrogen and oxygen atoms in total. The number of benzene rings is 1. The lowest BCUT2D eigenvalue weighted by atomic mass is 10.00. The van der Waals surface area contributed by atoms with Crippen molar-refractivity contribution in [2.45, 2.75) is 12.1 Å². The van der Waals surface area contributed by atoms with Gasteiger partial charge in [0.05, 0.1) is 25.4 Å². The average Bonchev–Trinajstić information content (AvgIpc) is 2.68. The molecule has 3 N–H and O–H groups in total. The van der Waals surface area contributed by atoms with Gasteiger partial charge in [-0.25, -0.2) is 9.37 Å². The van der Waals surface area contributed by atoms with E-state index in [-0.39, 0.29) is 0 Å². The lowest BCUT2D eigenvalue weighted by molar-refractivity contribution is 0.122. The van der Waals surface area contributed by atoms with Crippen molar-refractivity contribution in [1.82, 2.24) is 4.98 Å². The number of aromatic nitrogens is 1. The van der Waals surface area contributed by atoms with E-state index in [1.54, 1.807) is 12.1 Å². The second kappa shape index (κ2) is 7.70. The van der Waals surface area contributed by atoms with Gasteiger partial charge in [0.25, 0.3) is 0 Å². The fraction of sp³-hybridized carbons (Fsp3) is 0.389. The Morgan fingerprint density at radius 1 is 1.12 bits per heavy atom. The van der Waals surface area contributed by atoms with Crippen LogP contribution in [0, 0.1) is 0 Å². The number of aliphatic hydroxyl groups is 1.